The van der Waals surface area contributed by atoms with Gasteiger partial charge in [-0.1, -0.05) is 29.8 Å². The summed E-state index contributed by atoms with van der Waals surface area (Å²) in [6.07, 6.45) is 0.721. The Labute approximate surface area is 159 Å². The molecule has 0 radical (unpaired) electrons. The highest BCUT2D eigenvalue weighted by Crippen LogP contribution is 2.27. The van der Waals surface area contributed by atoms with Gasteiger partial charge in [-0.15, -0.1) is 0 Å². The molecular formula is C20H25ClN2O3. The average molecular weight is 377 g/mol. The number of ether oxygens (including phenoxy) is 2. The van der Waals surface area contributed by atoms with Crippen LogP contribution < -0.4 is 20.1 Å². The van der Waals surface area contributed by atoms with Crippen LogP contribution in [-0.2, 0) is 11.2 Å². The minimum atomic E-state index is -0.0358. The molecule has 5 nitrogen and oxygen atoms in total. The Kier molecular flexibility index (Phi) is 7.75. The highest BCUT2D eigenvalue weighted by Gasteiger charge is 2.08. The first-order valence-electron chi connectivity index (χ1n) is 8.50. The largest absolute Gasteiger partial charge is 0.493 e. The van der Waals surface area contributed by atoms with Crippen molar-refractivity contribution in [3.8, 4) is 11.5 Å². The van der Waals surface area contributed by atoms with E-state index >= 15 is 0 Å². The fourth-order valence-corrected chi connectivity index (χ4v) is 2.69. The highest BCUT2D eigenvalue weighted by atomic mass is 35.5. The predicted molar refractivity (Wildman–Crippen MR) is 104 cm³/mol. The number of amides is 1. The molecule has 0 heterocycles. The Morgan fingerprint density at radius 1 is 1.08 bits per heavy atom. The third kappa shape index (κ3) is 5.93. The van der Waals surface area contributed by atoms with Crippen molar-refractivity contribution in [2.45, 2.75) is 19.4 Å². The van der Waals surface area contributed by atoms with E-state index in [-0.39, 0.29) is 18.5 Å². The number of rotatable bonds is 9. The number of carbonyl (C=O) groups is 1. The molecule has 0 spiro atoms. The van der Waals surface area contributed by atoms with E-state index in [0.717, 1.165) is 17.5 Å². The van der Waals surface area contributed by atoms with Crippen LogP contribution in [0.1, 0.15) is 24.1 Å². The van der Waals surface area contributed by atoms with Crippen LogP contribution in [0.2, 0.25) is 5.02 Å². The lowest BCUT2D eigenvalue weighted by Crippen LogP contribution is -2.36. The Hall–Kier alpha value is -2.24. The van der Waals surface area contributed by atoms with Gasteiger partial charge in [0.15, 0.2) is 11.5 Å². The van der Waals surface area contributed by atoms with Crippen LogP contribution >= 0.6 is 11.6 Å². The first kappa shape index (κ1) is 20.1. The summed E-state index contributed by atoms with van der Waals surface area (Å²) in [5.74, 6) is 1.35. The van der Waals surface area contributed by atoms with Gasteiger partial charge >= 0.3 is 0 Å². The first-order chi connectivity index (χ1) is 12.5. The number of nitrogens with one attached hydrogen (secondary N) is 2. The molecule has 26 heavy (non-hydrogen) atoms. The second-order valence-electron chi connectivity index (χ2n) is 5.94. The predicted octanol–water partition coefficient (Wildman–Crippen LogP) is 3.37. The third-order valence-corrected chi connectivity index (χ3v) is 4.37. The van der Waals surface area contributed by atoms with Gasteiger partial charge in [0.2, 0.25) is 5.91 Å². The molecule has 0 saturated heterocycles. The number of carbonyl (C=O) groups excluding carboxylic acids is 1. The van der Waals surface area contributed by atoms with Crippen LogP contribution in [0.25, 0.3) is 0 Å². The van der Waals surface area contributed by atoms with Crippen molar-refractivity contribution in [2.24, 2.45) is 0 Å². The van der Waals surface area contributed by atoms with Crippen LogP contribution in [0.4, 0.5) is 0 Å². The lowest BCUT2D eigenvalue weighted by Gasteiger charge is -2.14. The van der Waals surface area contributed by atoms with Gasteiger partial charge < -0.3 is 20.1 Å². The summed E-state index contributed by atoms with van der Waals surface area (Å²) in [6, 6.07) is 13.4. The maximum atomic E-state index is 12.0. The van der Waals surface area contributed by atoms with Crippen molar-refractivity contribution in [1.82, 2.24) is 10.6 Å². The van der Waals surface area contributed by atoms with E-state index in [4.69, 9.17) is 21.1 Å². The van der Waals surface area contributed by atoms with Crippen LogP contribution in [-0.4, -0.2) is 33.2 Å². The molecule has 2 N–H and O–H groups in total. The smallest absolute Gasteiger partial charge is 0.233 e. The number of benzene rings is 2. The van der Waals surface area contributed by atoms with Crippen molar-refractivity contribution in [1.29, 1.82) is 0 Å². The van der Waals surface area contributed by atoms with Gasteiger partial charge in [0.1, 0.15) is 0 Å². The van der Waals surface area contributed by atoms with Crippen molar-refractivity contribution in [2.75, 3.05) is 27.3 Å². The second-order valence-corrected chi connectivity index (χ2v) is 6.38. The summed E-state index contributed by atoms with van der Waals surface area (Å²) in [5.41, 5.74) is 2.16. The quantitative estimate of drug-likeness (QED) is 0.704. The molecule has 0 fully saturated rings. The van der Waals surface area contributed by atoms with Gasteiger partial charge in [0.05, 0.1) is 20.8 Å². The number of halogens is 1. The Morgan fingerprint density at radius 3 is 2.42 bits per heavy atom. The van der Waals surface area contributed by atoms with Gasteiger partial charge in [-0.05, 0) is 48.7 Å². The summed E-state index contributed by atoms with van der Waals surface area (Å²) in [7, 11) is 3.21. The van der Waals surface area contributed by atoms with Crippen LogP contribution in [0, 0.1) is 0 Å². The van der Waals surface area contributed by atoms with Gasteiger partial charge in [0, 0.05) is 17.6 Å². The Bertz CT molecular complexity index is 719. The molecule has 0 bridgehead atoms. The number of hydrogen-bond acceptors (Lipinski definition) is 4. The van der Waals surface area contributed by atoms with Gasteiger partial charge in [-0.25, -0.2) is 0 Å². The molecule has 0 saturated carbocycles. The standard InChI is InChI=1S/C20H25ClN2O3/c1-14(16-5-7-17(21)8-6-16)23-13-20(24)22-11-10-15-4-9-18(25-2)19(12-15)26-3/h4-9,12,14,23H,10-11,13H2,1-3H3,(H,22,24)/t14-/m1/s1. The number of methoxy groups -OCH3 is 2. The zero-order valence-corrected chi connectivity index (χ0v) is 16.1. The lowest BCUT2D eigenvalue weighted by atomic mass is 10.1. The van der Waals surface area contributed by atoms with E-state index in [1.807, 2.05) is 49.4 Å². The SMILES string of the molecule is COc1ccc(CCNC(=O)CN[C@H](C)c2ccc(Cl)cc2)cc1OC. The molecule has 0 aliphatic carbocycles. The van der Waals surface area contributed by atoms with E-state index in [2.05, 4.69) is 10.6 Å². The van der Waals surface area contributed by atoms with Crippen molar-refractivity contribution >= 4 is 17.5 Å². The first-order valence-corrected chi connectivity index (χ1v) is 8.87. The molecule has 1 atom stereocenters. The molecule has 2 aromatic carbocycles. The molecule has 140 valence electrons. The minimum absolute atomic E-state index is 0.0358. The average Bonchev–Trinajstić information content (AvgIpc) is 2.66. The van der Waals surface area contributed by atoms with Crippen LogP contribution in [0.5, 0.6) is 11.5 Å². The van der Waals surface area contributed by atoms with E-state index < -0.39 is 0 Å². The maximum Gasteiger partial charge on any atom is 0.233 e. The van der Waals surface area contributed by atoms with E-state index in [0.29, 0.717) is 23.1 Å². The monoisotopic (exact) mass is 376 g/mol. The second kappa shape index (κ2) is 10.0. The van der Waals surface area contributed by atoms with E-state index in [1.54, 1.807) is 14.2 Å². The van der Waals surface area contributed by atoms with Crippen LogP contribution in [0.3, 0.4) is 0 Å². The van der Waals surface area contributed by atoms with Gasteiger partial charge in [-0.3, -0.25) is 4.79 Å². The summed E-state index contributed by atoms with van der Waals surface area (Å²) in [4.78, 5) is 12.0. The molecule has 0 aliphatic rings. The molecule has 0 unspecified atom stereocenters. The Morgan fingerprint density at radius 2 is 1.77 bits per heavy atom. The topological polar surface area (TPSA) is 59.6 Å². The molecule has 0 aliphatic heterocycles. The normalized spacial score (nSPS) is 11.7. The zero-order valence-electron chi connectivity index (χ0n) is 15.3. The van der Waals surface area contributed by atoms with Gasteiger partial charge in [-0.2, -0.15) is 0 Å². The lowest BCUT2D eigenvalue weighted by molar-refractivity contribution is -0.120. The maximum absolute atomic E-state index is 12.0. The molecule has 0 aromatic heterocycles. The van der Waals surface area contributed by atoms with Crippen molar-refractivity contribution in [3.63, 3.8) is 0 Å². The molecule has 2 aromatic rings. The van der Waals surface area contributed by atoms with Crippen molar-refractivity contribution in [3.05, 3.63) is 58.6 Å². The number of hydrogen-bond donors (Lipinski definition) is 2. The van der Waals surface area contributed by atoms with E-state index in [1.165, 1.54) is 0 Å². The minimum Gasteiger partial charge on any atom is -0.493 e. The summed E-state index contributed by atoms with van der Waals surface area (Å²) in [6.45, 7) is 2.83. The highest BCUT2D eigenvalue weighted by molar-refractivity contribution is 6.30. The van der Waals surface area contributed by atoms with Crippen LogP contribution in [0.15, 0.2) is 42.5 Å². The summed E-state index contributed by atoms with van der Waals surface area (Å²) in [5, 5.41) is 6.83. The molecule has 1 amide bonds. The molecule has 6 heteroatoms. The third-order valence-electron chi connectivity index (χ3n) is 4.12. The fraction of sp³-hybridized carbons (Fsp3) is 0.350. The zero-order chi connectivity index (χ0) is 18.9. The van der Waals surface area contributed by atoms with Crippen molar-refractivity contribution < 1.29 is 14.3 Å². The van der Waals surface area contributed by atoms with E-state index in [9.17, 15) is 4.79 Å². The molecule has 2 rings (SSSR count). The summed E-state index contributed by atoms with van der Waals surface area (Å²) < 4.78 is 10.5. The van der Waals surface area contributed by atoms with Gasteiger partial charge in [0.25, 0.3) is 0 Å². The Balaban J connectivity index is 1.74. The summed E-state index contributed by atoms with van der Waals surface area (Å²) >= 11 is 5.89. The fourth-order valence-electron chi connectivity index (χ4n) is 2.56. The molecular weight excluding hydrogens is 352 g/mol.